The summed E-state index contributed by atoms with van der Waals surface area (Å²) in [5, 5.41) is 9.44. The fraction of sp³-hybridized carbons (Fsp3) is 0.462. The summed E-state index contributed by atoms with van der Waals surface area (Å²) in [5.74, 6) is 0.948. The van der Waals surface area contributed by atoms with E-state index in [1.54, 1.807) is 0 Å². The van der Waals surface area contributed by atoms with Crippen LogP contribution in [-0.2, 0) is 6.61 Å². The number of aliphatic hydroxyl groups is 1. The Kier molecular flexibility index (Phi) is 3.25. The number of nitrogens with zero attached hydrogens (tertiary/aromatic N) is 2. The molecule has 2 rings (SSSR count). The Morgan fingerprint density at radius 2 is 2.19 bits per heavy atom. The lowest BCUT2D eigenvalue weighted by Crippen LogP contribution is -2.29. The normalized spacial score (nSPS) is 15.6. The first-order valence-electron chi connectivity index (χ1n) is 5.70. The molecule has 0 unspecified atom stereocenters. The van der Waals surface area contributed by atoms with Crippen LogP contribution in [0.15, 0.2) is 18.2 Å². The SMILES string of the molecule is Cc1cc(C)c(CO)c(N2CC=CCC2)n1. The lowest BCUT2D eigenvalue weighted by Gasteiger charge is -2.27. The van der Waals surface area contributed by atoms with Crippen LogP contribution in [0.5, 0.6) is 0 Å². The van der Waals surface area contributed by atoms with Crippen LogP contribution in [0.4, 0.5) is 5.82 Å². The van der Waals surface area contributed by atoms with Crippen molar-refractivity contribution in [3.8, 4) is 0 Å². The van der Waals surface area contributed by atoms with E-state index in [1.807, 2.05) is 19.9 Å². The van der Waals surface area contributed by atoms with E-state index in [4.69, 9.17) is 0 Å². The predicted molar refractivity (Wildman–Crippen MR) is 65.6 cm³/mol. The molecule has 0 fully saturated rings. The Morgan fingerprint density at radius 3 is 2.81 bits per heavy atom. The molecule has 0 aliphatic carbocycles. The van der Waals surface area contributed by atoms with Gasteiger partial charge in [-0.2, -0.15) is 0 Å². The number of aromatic nitrogens is 1. The molecule has 0 atom stereocenters. The van der Waals surface area contributed by atoms with Gasteiger partial charge in [0, 0.05) is 24.3 Å². The molecular formula is C13H18N2O. The molecule has 0 saturated heterocycles. The van der Waals surface area contributed by atoms with Gasteiger partial charge in [0.1, 0.15) is 5.82 Å². The summed E-state index contributed by atoms with van der Waals surface area (Å²) < 4.78 is 0. The van der Waals surface area contributed by atoms with Crippen molar-refractivity contribution in [3.05, 3.63) is 35.0 Å². The molecule has 1 aliphatic heterocycles. The van der Waals surface area contributed by atoms with Crippen molar-refractivity contribution in [1.82, 2.24) is 4.98 Å². The van der Waals surface area contributed by atoms with E-state index in [9.17, 15) is 5.11 Å². The van der Waals surface area contributed by atoms with E-state index in [2.05, 4.69) is 22.0 Å². The number of hydrogen-bond acceptors (Lipinski definition) is 3. The first kappa shape index (κ1) is 11.1. The molecule has 3 heteroatoms. The molecule has 0 aromatic carbocycles. The van der Waals surface area contributed by atoms with E-state index >= 15 is 0 Å². The highest BCUT2D eigenvalue weighted by atomic mass is 16.3. The Bertz CT molecular complexity index is 413. The third-order valence-electron chi connectivity index (χ3n) is 2.97. The Morgan fingerprint density at radius 1 is 1.38 bits per heavy atom. The van der Waals surface area contributed by atoms with Gasteiger partial charge in [-0.1, -0.05) is 12.2 Å². The zero-order valence-corrected chi connectivity index (χ0v) is 9.90. The Balaban J connectivity index is 2.41. The largest absolute Gasteiger partial charge is 0.392 e. The molecule has 1 aliphatic rings. The molecule has 0 radical (unpaired) electrons. The van der Waals surface area contributed by atoms with E-state index in [0.717, 1.165) is 42.1 Å². The molecule has 1 N–H and O–H groups in total. The summed E-state index contributed by atoms with van der Waals surface area (Å²) in [6, 6.07) is 2.02. The molecule has 0 spiro atoms. The molecule has 86 valence electrons. The molecule has 0 bridgehead atoms. The highest BCUT2D eigenvalue weighted by Crippen LogP contribution is 2.23. The molecule has 0 saturated carbocycles. The van der Waals surface area contributed by atoms with Crippen LogP contribution in [0.1, 0.15) is 23.2 Å². The van der Waals surface area contributed by atoms with Crippen molar-refractivity contribution in [3.63, 3.8) is 0 Å². The Hall–Kier alpha value is -1.35. The van der Waals surface area contributed by atoms with Crippen molar-refractivity contribution in [2.24, 2.45) is 0 Å². The fourth-order valence-electron chi connectivity index (χ4n) is 2.13. The molecule has 1 aromatic rings. The number of anilines is 1. The number of aliphatic hydroxyl groups excluding tert-OH is 1. The van der Waals surface area contributed by atoms with Crippen LogP contribution >= 0.6 is 0 Å². The van der Waals surface area contributed by atoms with Crippen molar-refractivity contribution >= 4 is 5.82 Å². The fourth-order valence-corrected chi connectivity index (χ4v) is 2.13. The van der Waals surface area contributed by atoms with Crippen molar-refractivity contribution in [2.75, 3.05) is 18.0 Å². The third-order valence-corrected chi connectivity index (χ3v) is 2.97. The second kappa shape index (κ2) is 4.66. The van der Waals surface area contributed by atoms with Gasteiger partial charge in [-0.05, 0) is 31.9 Å². The van der Waals surface area contributed by atoms with Crippen LogP contribution < -0.4 is 4.90 Å². The number of pyridine rings is 1. The van der Waals surface area contributed by atoms with Gasteiger partial charge in [0.2, 0.25) is 0 Å². The van der Waals surface area contributed by atoms with E-state index in [1.165, 1.54) is 0 Å². The lowest BCUT2D eigenvalue weighted by atomic mass is 10.1. The van der Waals surface area contributed by atoms with Gasteiger partial charge in [0.15, 0.2) is 0 Å². The lowest BCUT2D eigenvalue weighted by molar-refractivity contribution is 0.280. The zero-order chi connectivity index (χ0) is 11.5. The first-order valence-corrected chi connectivity index (χ1v) is 5.70. The second-order valence-electron chi connectivity index (χ2n) is 4.25. The average Bonchev–Trinajstić information content (AvgIpc) is 2.29. The van der Waals surface area contributed by atoms with Gasteiger partial charge in [-0.3, -0.25) is 0 Å². The van der Waals surface area contributed by atoms with Gasteiger partial charge >= 0.3 is 0 Å². The zero-order valence-electron chi connectivity index (χ0n) is 9.90. The van der Waals surface area contributed by atoms with E-state index in [0.29, 0.717) is 0 Å². The highest BCUT2D eigenvalue weighted by molar-refractivity contribution is 5.52. The van der Waals surface area contributed by atoms with E-state index in [-0.39, 0.29) is 6.61 Å². The van der Waals surface area contributed by atoms with Gasteiger partial charge in [-0.25, -0.2) is 4.98 Å². The van der Waals surface area contributed by atoms with Crippen molar-refractivity contribution in [2.45, 2.75) is 26.9 Å². The van der Waals surface area contributed by atoms with Gasteiger partial charge in [-0.15, -0.1) is 0 Å². The monoisotopic (exact) mass is 218 g/mol. The summed E-state index contributed by atoms with van der Waals surface area (Å²) in [6.45, 7) is 5.97. The number of rotatable bonds is 2. The smallest absolute Gasteiger partial charge is 0.134 e. The first-order chi connectivity index (χ1) is 7.72. The van der Waals surface area contributed by atoms with Crippen LogP contribution in [0, 0.1) is 13.8 Å². The van der Waals surface area contributed by atoms with Crippen LogP contribution in [0.3, 0.4) is 0 Å². The minimum absolute atomic E-state index is 0.0641. The van der Waals surface area contributed by atoms with Gasteiger partial charge < -0.3 is 10.0 Å². The summed E-state index contributed by atoms with van der Waals surface area (Å²) >= 11 is 0. The molecule has 2 heterocycles. The van der Waals surface area contributed by atoms with Gasteiger partial charge in [0.05, 0.1) is 6.61 Å². The van der Waals surface area contributed by atoms with Gasteiger partial charge in [0.25, 0.3) is 0 Å². The van der Waals surface area contributed by atoms with Crippen LogP contribution in [-0.4, -0.2) is 23.2 Å². The van der Waals surface area contributed by atoms with E-state index < -0.39 is 0 Å². The molecular weight excluding hydrogens is 200 g/mol. The Labute approximate surface area is 96.4 Å². The van der Waals surface area contributed by atoms with Crippen molar-refractivity contribution in [1.29, 1.82) is 0 Å². The van der Waals surface area contributed by atoms with Crippen LogP contribution in [0.25, 0.3) is 0 Å². The minimum atomic E-state index is 0.0641. The molecule has 3 nitrogen and oxygen atoms in total. The highest BCUT2D eigenvalue weighted by Gasteiger charge is 2.15. The standard InChI is InChI=1S/C13H18N2O/c1-10-8-11(2)14-13(12(10)9-16)15-6-4-3-5-7-15/h3-4,8,16H,5-7,9H2,1-2H3. The molecule has 0 amide bonds. The number of aryl methyl sites for hydroxylation is 2. The average molecular weight is 218 g/mol. The van der Waals surface area contributed by atoms with Crippen molar-refractivity contribution < 1.29 is 5.11 Å². The maximum Gasteiger partial charge on any atom is 0.134 e. The topological polar surface area (TPSA) is 36.4 Å². The quantitative estimate of drug-likeness (QED) is 0.771. The molecule has 16 heavy (non-hydrogen) atoms. The summed E-state index contributed by atoms with van der Waals surface area (Å²) in [7, 11) is 0. The summed E-state index contributed by atoms with van der Waals surface area (Å²) in [4.78, 5) is 6.79. The van der Waals surface area contributed by atoms with Crippen LogP contribution in [0.2, 0.25) is 0 Å². The maximum absolute atomic E-state index is 9.44. The summed E-state index contributed by atoms with van der Waals surface area (Å²) in [6.07, 6.45) is 5.40. The minimum Gasteiger partial charge on any atom is -0.392 e. The third kappa shape index (κ3) is 2.09. The predicted octanol–water partition coefficient (Wildman–Crippen LogP) is 1.96. The number of hydrogen-bond donors (Lipinski definition) is 1. The maximum atomic E-state index is 9.44. The summed E-state index contributed by atoms with van der Waals surface area (Å²) in [5.41, 5.74) is 3.10. The molecule has 1 aromatic heterocycles. The second-order valence-corrected chi connectivity index (χ2v) is 4.25.